The Kier molecular flexibility index (Phi) is 6.51. The third-order valence-corrected chi connectivity index (χ3v) is 3.63. The quantitative estimate of drug-likeness (QED) is 0.793. The van der Waals surface area contributed by atoms with E-state index < -0.39 is 6.10 Å². The Morgan fingerprint density at radius 2 is 1.68 bits per heavy atom. The van der Waals surface area contributed by atoms with E-state index in [1.807, 2.05) is 19.1 Å². The summed E-state index contributed by atoms with van der Waals surface area (Å²) in [7, 11) is 4.69. The summed E-state index contributed by atoms with van der Waals surface area (Å²) in [6.07, 6.45) is -0.101. The van der Waals surface area contributed by atoms with Gasteiger partial charge in [0.2, 0.25) is 0 Å². The zero-order valence-corrected chi connectivity index (χ0v) is 14.9. The number of ether oxygens (including phenoxy) is 4. The van der Waals surface area contributed by atoms with E-state index in [2.05, 4.69) is 5.32 Å². The molecule has 0 heterocycles. The van der Waals surface area contributed by atoms with E-state index >= 15 is 0 Å². The fraction of sp³-hybridized carbons (Fsp3) is 0.316. The van der Waals surface area contributed by atoms with Crippen LogP contribution in [0, 0.1) is 0 Å². The summed E-state index contributed by atoms with van der Waals surface area (Å²) in [5.41, 5.74) is 0.607. The molecule has 134 valence electrons. The standard InChI is InChI=1S/C19H23NO5/c1-5-16(25-15-8-6-7-14(12-15)22-2)19(21)20-13-9-10-17(23-3)18(11-13)24-4/h6-12,16H,5H2,1-4H3,(H,20,21)/t16-/m1/s1. The van der Waals surface area contributed by atoms with Crippen molar-refractivity contribution in [3.05, 3.63) is 42.5 Å². The molecule has 0 aliphatic carbocycles. The number of hydrogen-bond donors (Lipinski definition) is 1. The number of rotatable bonds is 8. The minimum atomic E-state index is -0.625. The number of anilines is 1. The van der Waals surface area contributed by atoms with E-state index in [1.165, 1.54) is 0 Å². The summed E-state index contributed by atoms with van der Waals surface area (Å²) in [5.74, 6) is 2.15. The first-order valence-electron chi connectivity index (χ1n) is 7.94. The van der Waals surface area contributed by atoms with Crippen LogP contribution in [0.25, 0.3) is 0 Å². The van der Waals surface area contributed by atoms with Gasteiger partial charge in [-0.1, -0.05) is 13.0 Å². The summed E-state index contributed by atoms with van der Waals surface area (Å²) in [6, 6.07) is 12.3. The van der Waals surface area contributed by atoms with Crippen molar-refractivity contribution in [2.75, 3.05) is 26.6 Å². The van der Waals surface area contributed by atoms with Gasteiger partial charge in [-0.2, -0.15) is 0 Å². The first kappa shape index (κ1) is 18.4. The number of benzene rings is 2. The molecular weight excluding hydrogens is 322 g/mol. The van der Waals surface area contributed by atoms with Crippen LogP contribution in [0.1, 0.15) is 13.3 Å². The molecule has 2 aromatic carbocycles. The summed E-state index contributed by atoms with van der Waals surface area (Å²) in [4.78, 5) is 12.5. The average molecular weight is 345 g/mol. The highest BCUT2D eigenvalue weighted by Crippen LogP contribution is 2.30. The van der Waals surface area contributed by atoms with E-state index in [-0.39, 0.29) is 5.91 Å². The second kappa shape index (κ2) is 8.82. The molecule has 1 N–H and O–H groups in total. The monoisotopic (exact) mass is 345 g/mol. The molecule has 0 radical (unpaired) electrons. The highest BCUT2D eigenvalue weighted by atomic mass is 16.5. The van der Waals surface area contributed by atoms with Crippen LogP contribution in [-0.4, -0.2) is 33.3 Å². The first-order chi connectivity index (χ1) is 12.1. The lowest BCUT2D eigenvalue weighted by Crippen LogP contribution is -2.32. The van der Waals surface area contributed by atoms with Crippen molar-refractivity contribution >= 4 is 11.6 Å². The molecule has 2 aromatic rings. The van der Waals surface area contributed by atoms with E-state index in [9.17, 15) is 4.79 Å². The number of amides is 1. The first-order valence-corrected chi connectivity index (χ1v) is 7.94. The van der Waals surface area contributed by atoms with E-state index in [0.717, 1.165) is 0 Å². The van der Waals surface area contributed by atoms with E-state index in [4.69, 9.17) is 18.9 Å². The zero-order valence-electron chi connectivity index (χ0n) is 14.9. The molecule has 0 aromatic heterocycles. The number of carbonyl (C=O) groups excluding carboxylic acids is 1. The zero-order chi connectivity index (χ0) is 18.2. The second-order valence-corrected chi connectivity index (χ2v) is 5.25. The van der Waals surface area contributed by atoms with Crippen LogP contribution < -0.4 is 24.3 Å². The fourth-order valence-electron chi connectivity index (χ4n) is 2.30. The van der Waals surface area contributed by atoms with Gasteiger partial charge in [0, 0.05) is 17.8 Å². The molecule has 0 saturated carbocycles. The van der Waals surface area contributed by atoms with Crippen LogP contribution in [0.2, 0.25) is 0 Å². The smallest absolute Gasteiger partial charge is 0.265 e. The Morgan fingerprint density at radius 3 is 2.32 bits per heavy atom. The summed E-state index contributed by atoms with van der Waals surface area (Å²) >= 11 is 0. The van der Waals surface area contributed by atoms with Gasteiger partial charge in [0.15, 0.2) is 17.6 Å². The molecule has 0 unspecified atom stereocenters. The van der Waals surface area contributed by atoms with E-state index in [0.29, 0.717) is 35.1 Å². The average Bonchev–Trinajstić information content (AvgIpc) is 2.65. The second-order valence-electron chi connectivity index (χ2n) is 5.25. The lowest BCUT2D eigenvalue weighted by molar-refractivity contribution is -0.122. The van der Waals surface area contributed by atoms with Crippen LogP contribution in [0.4, 0.5) is 5.69 Å². The molecular formula is C19H23NO5. The molecule has 25 heavy (non-hydrogen) atoms. The topological polar surface area (TPSA) is 66.0 Å². The predicted octanol–water partition coefficient (Wildman–Crippen LogP) is 3.51. The molecule has 0 aliphatic heterocycles. The molecule has 0 bridgehead atoms. The Bertz CT molecular complexity index is 717. The lowest BCUT2D eigenvalue weighted by Gasteiger charge is -2.18. The number of methoxy groups -OCH3 is 3. The minimum Gasteiger partial charge on any atom is -0.497 e. The maximum Gasteiger partial charge on any atom is 0.265 e. The highest BCUT2D eigenvalue weighted by Gasteiger charge is 2.19. The molecule has 6 nitrogen and oxygen atoms in total. The van der Waals surface area contributed by atoms with Crippen LogP contribution in [-0.2, 0) is 4.79 Å². The Morgan fingerprint density at radius 1 is 0.960 bits per heavy atom. The fourth-order valence-corrected chi connectivity index (χ4v) is 2.30. The predicted molar refractivity (Wildman–Crippen MR) is 95.9 cm³/mol. The highest BCUT2D eigenvalue weighted by molar-refractivity contribution is 5.94. The molecule has 2 rings (SSSR count). The third-order valence-electron chi connectivity index (χ3n) is 3.63. The largest absolute Gasteiger partial charge is 0.497 e. The number of nitrogens with one attached hydrogen (secondary N) is 1. The molecule has 6 heteroatoms. The van der Waals surface area contributed by atoms with Gasteiger partial charge in [-0.25, -0.2) is 0 Å². The van der Waals surface area contributed by atoms with Gasteiger partial charge >= 0.3 is 0 Å². The van der Waals surface area contributed by atoms with Crippen LogP contribution >= 0.6 is 0 Å². The van der Waals surface area contributed by atoms with Crippen LogP contribution in [0.15, 0.2) is 42.5 Å². The molecule has 1 atom stereocenters. The van der Waals surface area contributed by atoms with Gasteiger partial charge in [0.05, 0.1) is 21.3 Å². The van der Waals surface area contributed by atoms with Gasteiger partial charge < -0.3 is 24.3 Å². The molecule has 0 spiro atoms. The van der Waals surface area contributed by atoms with Crippen molar-refractivity contribution in [2.24, 2.45) is 0 Å². The van der Waals surface area contributed by atoms with Crippen molar-refractivity contribution in [3.63, 3.8) is 0 Å². The maximum absolute atomic E-state index is 12.5. The van der Waals surface area contributed by atoms with Crippen molar-refractivity contribution in [1.82, 2.24) is 0 Å². The van der Waals surface area contributed by atoms with Gasteiger partial charge in [-0.05, 0) is 30.7 Å². The summed E-state index contributed by atoms with van der Waals surface area (Å²) < 4.78 is 21.4. The Labute approximate surface area is 147 Å². The van der Waals surface area contributed by atoms with Crippen molar-refractivity contribution in [2.45, 2.75) is 19.4 Å². The molecule has 0 aliphatic rings. The van der Waals surface area contributed by atoms with E-state index in [1.54, 1.807) is 51.7 Å². The number of hydrogen-bond acceptors (Lipinski definition) is 5. The van der Waals surface area contributed by atoms with Crippen molar-refractivity contribution in [3.8, 4) is 23.0 Å². The van der Waals surface area contributed by atoms with Crippen molar-refractivity contribution in [1.29, 1.82) is 0 Å². The van der Waals surface area contributed by atoms with Gasteiger partial charge in [-0.3, -0.25) is 4.79 Å². The molecule has 0 saturated heterocycles. The van der Waals surface area contributed by atoms with Gasteiger partial charge in [0.1, 0.15) is 11.5 Å². The number of carbonyl (C=O) groups is 1. The van der Waals surface area contributed by atoms with Crippen LogP contribution in [0.3, 0.4) is 0 Å². The lowest BCUT2D eigenvalue weighted by atomic mass is 10.2. The summed E-state index contributed by atoms with van der Waals surface area (Å²) in [5, 5.41) is 2.84. The van der Waals surface area contributed by atoms with Crippen LogP contribution in [0.5, 0.6) is 23.0 Å². The van der Waals surface area contributed by atoms with Gasteiger partial charge in [0.25, 0.3) is 5.91 Å². The SMILES string of the molecule is CC[C@@H](Oc1cccc(OC)c1)C(=O)Nc1ccc(OC)c(OC)c1. The molecule has 1 amide bonds. The minimum absolute atomic E-state index is 0.238. The van der Waals surface area contributed by atoms with Crippen molar-refractivity contribution < 1.29 is 23.7 Å². The maximum atomic E-state index is 12.5. The van der Waals surface area contributed by atoms with Gasteiger partial charge in [-0.15, -0.1) is 0 Å². The third kappa shape index (κ3) is 4.79. The Balaban J connectivity index is 2.09. The Hall–Kier alpha value is -2.89. The molecule has 0 fully saturated rings. The normalized spacial score (nSPS) is 11.4. The summed E-state index contributed by atoms with van der Waals surface area (Å²) in [6.45, 7) is 1.89.